The Balaban J connectivity index is 1.64. The molecule has 164 valence electrons. The molecule has 0 spiro atoms. The summed E-state index contributed by atoms with van der Waals surface area (Å²) in [6, 6.07) is 19.2. The third-order valence-corrected chi connectivity index (χ3v) is 5.61. The van der Waals surface area contributed by atoms with E-state index < -0.39 is 23.3 Å². The van der Waals surface area contributed by atoms with Crippen LogP contribution in [0.4, 0.5) is 5.69 Å². The number of esters is 1. The maximum Gasteiger partial charge on any atom is 0.339 e. The van der Waals surface area contributed by atoms with Gasteiger partial charge in [0.2, 0.25) is 5.78 Å². The van der Waals surface area contributed by atoms with Crippen LogP contribution in [-0.2, 0) is 4.74 Å². The molecule has 0 atom stereocenters. The number of non-ortho nitro benzene ring substituents is 1. The Morgan fingerprint density at radius 1 is 1.03 bits per heavy atom. The van der Waals surface area contributed by atoms with E-state index in [-0.39, 0.29) is 16.8 Å². The van der Waals surface area contributed by atoms with Crippen LogP contribution >= 0.6 is 27.5 Å². The predicted octanol–water partition coefficient (Wildman–Crippen LogP) is 6.27. The average molecular weight is 526 g/mol. The number of benzene rings is 3. The van der Waals surface area contributed by atoms with Gasteiger partial charge in [-0.3, -0.25) is 14.9 Å². The fourth-order valence-corrected chi connectivity index (χ4v) is 3.66. The van der Waals surface area contributed by atoms with Crippen molar-refractivity contribution in [1.82, 2.24) is 4.98 Å². The van der Waals surface area contributed by atoms with Crippen LogP contribution in [0.25, 0.3) is 22.2 Å². The van der Waals surface area contributed by atoms with Crippen molar-refractivity contribution in [2.24, 2.45) is 0 Å². The zero-order chi connectivity index (χ0) is 23.5. The van der Waals surface area contributed by atoms with Gasteiger partial charge in [0.15, 0.2) is 6.61 Å². The molecule has 0 aliphatic carbocycles. The highest BCUT2D eigenvalue weighted by Gasteiger charge is 2.18. The van der Waals surface area contributed by atoms with Crippen LogP contribution in [0.2, 0.25) is 5.02 Å². The maximum atomic E-state index is 13.0. The number of carbonyl (C=O) groups is 2. The van der Waals surface area contributed by atoms with Crippen molar-refractivity contribution in [3.8, 4) is 11.3 Å². The van der Waals surface area contributed by atoms with E-state index in [4.69, 9.17) is 16.3 Å². The van der Waals surface area contributed by atoms with E-state index in [0.29, 0.717) is 21.6 Å². The van der Waals surface area contributed by atoms with Crippen LogP contribution in [0.15, 0.2) is 77.3 Å². The second-order valence-electron chi connectivity index (χ2n) is 7.03. The molecule has 9 heteroatoms. The Morgan fingerprint density at radius 2 is 1.79 bits per heavy atom. The van der Waals surface area contributed by atoms with Crippen molar-refractivity contribution in [1.29, 1.82) is 0 Å². The normalized spacial score (nSPS) is 10.7. The van der Waals surface area contributed by atoms with Gasteiger partial charge in [0.1, 0.15) is 0 Å². The molecule has 0 N–H and O–H groups in total. The van der Waals surface area contributed by atoms with E-state index in [9.17, 15) is 19.7 Å². The van der Waals surface area contributed by atoms with Crippen LogP contribution in [0.3, 0.4) is 0 Å². The first-order valence-corrected chi connectivity index (χ1v) is 10.8. The van der Waals surface area contributed by atoms with E-state index in [1.54, 1.807) is 24.3 Å². The van der Waals surface area contributed by atoms with Crippen molar-refractivity contribution in [3.63, 3.8) is 0 Å². The Labute approximate surface area is 201 Å². The fraction of sp³-hybridized carbons (Fsp3) is 0.0417. The number of ether oxygens (including phenoxy) is 1. The SMILES string of the molecule is O=C(COC(=O)c1cc(-c2ccc(Br)cc2)nc2ccc(Cl)cc12)c1cccc([N+](=O)[O-])c1. The van der Waals surface area contributed by atoms with Gasteiger partial charge < -0.3 is 4.74 Å². The molecule has 1 heterocycles. The van der Waals surface area contributed by atoms with Gasteiger partial charge in [-0.15, -0.1) is 0 Å². The second kappa shape index (κ2) is 9.48. The molecule has 0 bridgehead atoms. The first-order chi connectivity index (χ1) is 15.8. The number of hydrogen-bond donors (Lipinski definition) is 0. The van der Waals surface area contributed by atoms with Crippen molar-refractivity contribution in [2.45, 2.75) is 0 Å². The fourth-order valence-electron chi connectivity index (χ4n) is 3.22. The molecule has 7 nitrogen and oxygen atoms in total. The molecule has 4 rings (SSSR count). The van der Waals surface area contributed by atoms with Gasteiger partial charge in [0.05, 0.1) is 21.7 Å². The summed E-state index contributed by atoms with van der Waals surface area (Å²) in [6.45, 7) is -0.571. The molecular weight excluding hydrogens is 512 g/mol. The van der Waals surface area contributed by atoms with Gasteiger partial charge >= 0.3 is 5.97 Å². The van der Waals surface area contributed by atoms with Crippen LogP contribution in [0.1, 0.15) is 20.7 Å². The zero-order valence-electron chi connectivity index (χ0n) is 16.8. The molecule has 0 saturated heterocycles. The average Bonchev–Trinajstić information content (AvgIpc) is 2.82. The lowest BCUT2D eigenvalue weighted by Gasteiger charge is -2.10. The van der Waals surface area contributed by atoms with E-state index >= 15 is 0 Å². The number of nitrogens with zero attached hydrogens (tertiary/aromatic N) is 2. The molecule has 0 saturated carbocycles. The molecule has 4 aromatic rings. The summed E-state index contributed by atoms with van der Waals surface area (Å²) in [5.74, 6) is -1.29. The van der Waals surface area contributed by atoms with Gasteiger partial charge in [-0.1, -0.05) is 51.8 Å². The topological polar surface area (TPSA) is 99.4 Å². The number of Topliss-reactive ketones (excluding diaryl/α,β-unsaturated/α-hetero) is 1. The van der Waals surface area contributed by atoms with Gasteiger partial charge in [-0.25, -0.2) is 9.78 Å². The quantitative estimate of drug-likeness (QED) is 0.127. The lowest BCUT2D eigenvalue weighted by atomic mass is 10.0. The summed E-state index contributed by atoms with van der Waals surface area (Å²) in [6.07, 6.45) is 0. The summed E-state index contributed by atoms with van der Waals surface area (Å²) in [5, 5.41) is 11.8. The molecular formula is C24H14BrClN2O5. The second-order valence-corrected chi connectivity index (χ2v) is 8.38. The molecule has 0 fully saturated rings. The van der Waals surface area contributed by atoms with Crippen molar-refractivity contribution < 1.29 is 19.2 Å². The summed E-state index contributed by atoms with van der Waals surface area (Å²) >= 11 is 9.51. The van der Waals surface area contributed by atoms with E-state index in [2.05, 4.69) is 20.9 Å². The number of rotatable bonds is 6. The first-order valence-electron chi connectivity index (χ1n) is 9.63. The van der Waals surface area contributed by atoms with Crippen LogP contribution in [0.5, 0.6) is 0 Å². The van der Waals surface area contributed by atoms with Crippen LogP contribution in [0, 0.1) is 10.1 Å². The number of carbonyl (C=O) groups excluding carboxylic acids is 2. The largest absolute Gasteiger partial charge is 0.454 e. The molecule has 33 heavy (non-hydrogen) atoms. The van der Waals surface area contributed by atoms with Gasteiger partial charge in [-0.05, 0) is 36.4 Å². The third-order valence-electron chi connectivity index (χ3n) is 4.84. The predicted molar refractivity (Wildman–Crippen MR) is 128 cm³/mol. The summed E-state index contributed by atoms with van der Waals surface area (Å²) in [4.78, 5) is 40.4. The molecule has 0 unspecified atom stereocenters. The van der Waals surface area contributed by atoms with Gasteiger partial charge in [0.25, 0.3) is 5.69 Å². The number of pyridine rings is 1. The van der Waals surface area contributed by atoms with E-state index in [1.165, 1.54) is 18.2 Å². The summed E-state index contributed by atoms with van der Waals surface area (Å²) in [7, 11) is 0. The number of halogens is 2. The number of aromatic nitrogens is 1. The Kier molecular flexibility index (Phi) is 6.48. The lowest BCUT2D eigenvalue weighted by molar-refractivity contribution is -0.384. The Morgan fingerprint density at radius 3 is 2.52 bits per heavy atom. The Hall–Kier alpha value is -3.62. The molecule has 0 aliphatic heterocycles. The minimum atomic E-state index is -0.734. The lowest BCUT2D eigenvalue weighted by Crippen LogP contribution is -2.15. The molecule has 0 amide bonds. The number of hydrogen-bond acceptors (Lipinski definition) is 6. The Bertz CT molecular complexity index is 1410. The van der Waals surface area contributed by atoms with Crippen molar-refractivity contribution >= 4 is 55.9 Å². The maximum absolute atomic E-state index is 13.0. The van der Waals surface area contributed by atoms with Crippen LogP contribution < -0.4 is 0 Å². The standard InChI is InChI=1S/C24H14BrClN2O5/c25-16-6-4-14(5-7-16)22-12-20(19-11-17(26)8-9-21(19)27-22)24(30)33-13-23(29)15-2-1-3-18(10-15)28(31)32/h1-12H,13H2. The van der Waals surface area contributed by atoms with Crippen molar-refractivity contribution in [2.75, 3.05) is 6.61 Å². The highest BCUT2D eigenvalue weighted by Crippen LogP contribution is 2.28. The van der Waals surface area contributed by atoms with Gasteiger partial charge in [-0.2, -0.15) is 0 Å². The number of nitro benzene ring substituents is 1. The highest BCUT2D eigenvalue weighted by atomic mass is 79.9. The molecule has 3 aromatic carbocycles. The van der Waals surface area contributed by atoms with Crippen molar-refractivity contribution in [3.05, 3.63) is 104 Å². The smallest absolute Gasteiger partial charge is 0.339 e. The summed E-state index contributed by atoms with van der Waals surface area (Å²) in [5.41, 5.74) is 1.94. The van der Waals surface area contributed by atoms with Gasteiger partial charge in [0, 0.05) is 38.1 Å². The van der Waals surface area contributed by atoms with Crippen LogP contribution in [-0.4, -0.2) is 28.3 Å². The molecule has 1 aromatic heterocycles. The summed E-state index contributed by atoms with van der Waals surface area (Å²) < 4.78 is 6.17. The minimum Gasteiger partial charge on any atom is -0.454 e. The minimum absolute atomic E-state index is 0.0789. The number of ketones is 1. The number of nitro groups is 1. The highest BCUT2D eigenvalue weighted by molar-refractivity contribution is 9.10. The monoisotopic (exact) mass is 524 g/mol. The van der Waals surface area contributed by atoms with E-state index in [1.807, 2.05) is 24.3 Å². The molecule has 0 radical (unpaired) electrons. The third kappa shape index (κ3) is 5.08. The van der Waals surface area contributed by atoms with E-state index in [0.717, 1.165) is 16.1 Å². The zero-order valence-corrected chi connectivity index (χ0v) is 19.2. The first kappa shape index (κ1) is 22.6. The number of fused-ring (bicyclic) bond motifs is 1. The molecule has 0 aliphatic rings.